The average Bonchev–Trinajstić information content (AvgIpc) is 3.15. The quantitative estimate of drug-likeness (QED) is 0.552. The van der Waals surface area contributed by atoms with Crippen LogP contribution in [0.2, 0.25) is 0 Å². The minimum Gasteiger partial charge on any atom is -0.454 e. The van der Waals surface area contributed by atoms with E-state index in [0.29, 0.717) is 6.79 Å². The Kier molecular flexibility index (Phi) is 6.96. The first-order chi connectivity index (χ1) is 12.8. The molecule has 2 N–H and O–H groups in total. The van der Waals surface area contributed by atoms with Crippen molar-refractivity contribution in [3.63, 3.8) is 0 Å². The average molecular weight is 361 g/mol. The van der Waals surface area contributed by atoms with Gasteiger partial charge in [0.05, 0.1) is 0 Å². The molecule has 0 aromatic heterocycles. The summed E-state index contributed by atoms with van der Waals surface area (Å²) in [7, 11) is 1.82. The molecular weight excluding hydrogens is 330 g/mol. The van der Waals surface area contributed by atoms with Gasteiger partial charge >= 0.3 is 0 Å². The zero-order valence-corrected chi connectivity index (χ0v) is 16.0. The molecule has 0 bridgehead atoms. The summed E-state index contributed by atoms with van der Waals surface area (Å²) in [4.78, 5) is 9.32. The smallest absolute Gasteiger partial charge is 0.231 e. The molecule has 3 rings (SSSR count). The maximum absolute atomic E-state index is 5.43. The molecule has 2 aliphatic rings. The highest BCUT2D eigenvalue weighted by Crippen LogP contribution is 2.32. The van der Waals surface area contributed by atoms with E-state index in [1.54, 1.807) is 0 Å². The van der Waals surface area contributed by atoms with Crippen LogP contribution in [-0.4, -0.2) is 82.0 Å². The van der Waals surface area contributed by atoms with Gasteiger partial charge in [-0.3, -0.25) is 9.89 Å². The van der Waals surface area contributed by atoms with E-state index in [4.69, 9.17) is 9.47 Å². The molecule has 1 aromatic carbocycles. The number of rotatable bonds is 7. The molecule has 26 heavy (non-hydrogen) atoms. The van der Waals surface area contributed by atoms with Crippen LogP contribution in [0.3, 0.4) is 0 Å². The van der Waals surface area contributed by atoms with Crippen LogP contribution in [0.1, 0.15) is 12.5 Å². The molecule has 0 saturated carbocycles. The summed E-state index contributed by atoms with van der Waals surface area (Å²) in [5, 5.41) is 6.79. The van der Waals surface area contributed by atoms with Crippen molar-refractivity contribution in [2.75, 3.05) is 66.2 Å². The summed E-state index contributed by atoms with van der Waals surface area (Å²) in [5.74, 6) is 2.53. The summed E-state index contributed by atoms with van der Waals surface area (Å²) < 4.78 is 10.8. The van der Waals surface area contributed by atoms with Crippen LogP contribution >= 0.6 is 0 Å². The molecule has 2 aliphatic heterocycles. The molecule has 7 nitrogen and oxygen atoms in total. The summed E-state index contributed by atoms with van der Waals surface area (Å²) in [6.07, 6.45) is 0.913. The van der Waals surface area contributed by atoms with Gasteiger partial charge in [0.25, 0.3) is 0 Å². The lowest BCUT2D eigenvalue weighted by atomic mass is 10.1. The predicted molar refractivity (Wildman–Crippen MR) is 104 cm³/mol. The first kappa shape index (κ1) is 18.8. The number of benzene rings is 1. The number of aliphatic imine (C=N–C) groups is 1. The van der Waals surface area contributed by atoms with Crippen LogP contribution in [0.15, 0.2) is 23.2 Å². The van der Waals surface area contributed by atoms with Crippen molar-refractivity contribution in [3.05, 3.63) is 23.8 Å². The van der Waals surface area contributed by atoms with E-state index in [1.165, 1.54) is 18.7 Å². The second-order valence-corrected chi connectivity index (χ2v) is 6.64. The van der Waals surface area contributed by atoms with Gasteiger partial charge in [-0.1, -0.05) is 13.0 Å². The number of nitrogens with zero attached hydrogens (tertiary/aromatic N) is 3. The van der Waals surface area contributed by atoms with Gasteiger partial charge in [0, 0.05) is 52.9 Å². The molecule has 0 spiro atoms. The predicted octanol–water partition coefficient (Wildman–Crippen LogP) is 0.760. The maximum Gasteiger partial charge on any atom is 0.231 e. The molecule has 1 saturated heterocycles. The lowest BCUT2D eigenvalue weighted by Crippen LogP contribution is -2.49. The Morgan fingerprint density at radius 1 is 1.04 bits per heavy atom. The second kappa shape index (κ2) is 9.64. The lowest BCUT2D eigenvalue weighted by Gasteiger charge is -2.34. The monoisotopic (exact) mass is 361 g/mol. The fraction of sp³-hybridized carbons (Fsp3) is 0.632. The highest BCUT2D eigenvalue weighted by Gasteiger charge is 2.15. The van der Waals surface area contributed by atoms with Gasteiger partial charge in [-0.15, -0.1) is 0 Å². The van der Waals surface area contributed by atoms with Crippen molar-refractivity contribution in [1.82, 2.24) is 20.4 Å². The van der Waals surface area contributed by atoms with Crippen LogP contribution < -0.4 is 20.1 Å². The number of guanidine groups is 1. The topological polar surface area (TPSA) is 61.4 Å². The highest BCUT2D eigenvalue weighted by atomic mass is 16.7. The summed E-state index contributed by atoms with van der Waals surface area (Å²) in [6.45, 7) is 11.2. The van der Waals surface area contributed by atoms with E-state index in [1.807, 2.05) is 13.1 Å². The van der Waals surface area contributed by atoms with E-state index in [-0.39, 0.29) is 0 Å². The molecule has 0 unspecified atom stereocenters. The number of nitrogens with one attached hydrogen (secondary N) is 2. The Labute approximate surface area is 156 Å². The highest BCUT2D eigenvalue weighted by molar-refractivity contribution is 5.79. The Bertz CT molecular complexity index is 600. The molecule has 144 valence electrons. The third-order valence-electron chi connectivity index (χ3n) is 5.00. The maximum atomic E-state index is 5.43. The summed E-state index contributed by atoms with van der Waals surface area (Å²) >= 11 is 0. The SMILES string of the molecule is CCN1CCN(CCNC(=NC)NCCc2ccc3c(c2)OCO3)CC1. The molecular formula is C19H31N5O2. The number of ether oxygens (including phenoxy) is 2. The van der Waals surface area contributed by atoms with Crippen molar-refractivity contribution >= 4 is 5.96 Å². The van der Waals surface area contributed by atoms with Gasteiger partial charge in [0.2, 0.25) is 6.79 Å². The van der Waals surface area contributed by atoms with Gasteiger partial charge in [0.1, 0.15) is 0 Å². The Balaban J connectivity index is 1.32. The van der Waals surface area contributed by atoms with Gasteiger partial charge in [0.15, 0.2) is 17.5 Å². The Hall–Kier alpha value is -1.99. The van der Waals surface area contributed by atoms with Crippen LogP contribution in [0.4, 0.5) is 0 Å². The van der Waals surface area contributed by atoms with Crippen molar-refractivity contribution in [2.24, 2.45) is 4.99 Å². The van der Waals surface area contributed by atoms with E-state index in [0.717, 1.165) is 63.1 Å². The third-order valence-corrected chi connectivity index (χ3v) is 5.00. The zero-order chi connectivity index (χ0) is 18.2. The largest absolute Gasteiger partial charge is 0.454 e. The fourth-order valence-corrected chi connectivity index (χ4v) is 3.30. The molecule has 1 fully saturated rings. The van der Waals surface area contributed by atoms with Gasteiger partial charge in [-0.05, 0) is 30.7 Å². The molecule has 1 aromatic rings. The van der Waals surface area contributed by atoms with Crippen LogP contribution in [0.5, 0.6) is 11.5 Å². The van der Waals surface area contributed by atoms with Crippen LogP contribution in [0.25, 0.3) is 0 Å². The minimum absolute atomic E-state index is 0.321. The first-order valence-corrected chi connectivity index (χ1v) is 9.56. The van der Waals surface area contributed by atoms with Crippen molar-refractivity contribution in [3.8, 4) is 11.5 Å². The normalized spacial score (nSPS) is 18.2. The Morgan fingerprint density at radius 3 is 2.54 bits per heavy atom. The number of likely N-dealkylation sites (N-methyl/N-ethyl adjacent to an activating group) is 1. The molecule has 2 heterocycles. The van der Waals surface area contributed by atoms with Gasteiger partial charge < -0.3 is 25.0 Å². The minimum atomic E-state index is 0.321. The van der Waals surface area contributed by atoms with E-state index < -0.39 is 0 Å². The van der Waals surface area contributed by atoms with Crippen LogP contribution in [-0.2, 0) is 6.42 Å². The summed E-state index contributed by atoms with van der Waals surface area (Å²) in [6, 6.07) is 6.11. The van der Waals surface area contributed by atoms with E-state index >= 15 is 0 Å². The van der Waals surface area contributed by atoms with E-state index in [9.17, 15) is 0 Å². The van der Waals surface area contributed by atoms with Crippen LogP contribution in [0, 0.1) is 0 Å². The molecule has 7 heteroatoms. The van der Waals surface area contributed by atoms with Crippen molar-refractivity contribution < 1.29 is 9.47 Å². The fourth-order valence-electron chi connectivity index (χ4n) is 3.30. The number of hydrogen-bond donors (Lipinski definition) is 2. The van der Waals surface area contributed by atoms with Gasteiger partial charge in [-0.25, -0.2) is 0 Å². The molecule has 0 amide bonds. The van der Waals surface area contributed by atoms with Crippen molar-refractivity contribution in [2.45, 2.75) is 13.3 Å². The molecule has 0 atom stereocenters. The number of hydrogen-bond acceptors (Lipinski definition) is 5. The lowest BCUT2D eigenvalue weighted by molar-refractivity contribution is 0.139. The third kappa shape index (κ3) is 5.25. The number of piperazine rings is 1. The van der Waals surface area contributed by atoms with Gasteiger partial charge in [-0.2, -0.15) is 0 Å². The van der Waals surface area contributed by atoms with E-state index in [2.05, 4.69) is 44.5 Å². The standard InChI is InChI=1S/C19H31N5O2/c1-3-23-10-12-24(13-11-23)9-8-22-19(20-2)21-7-6-16-4-5-17-18(14-16)26-15-25-17/h4-5,14H,3,6-13,15H2,1-2H3,(H2,20,21,22). The second-order valence-electron chi connectivity index (χ2n) is 6.64. The molecule has 0 radical (unpaired) electrons. The first-order valence-electron chi connectivity index (χ1n) is 9.56. The Morgan fingerprint density at radius 2 is 1.77 bits per heavy atom. The zero-order valence-electron chi connectivity index (χ0n) is 16.0. The van der Waals surface area contributed by atoms with Crippen molar-refractivity contribution in [1.29, 1.82) is 0 Å². The number of fused-ring (bicyclic) bond motifs is 1. The molecule has 0 aliphatic carbocycles. The summed E-state index contributed by atoms with van der Waals surface area (Å²) in [5.41, 5.74) is 1.23.